The highest BCUT2D eigenvalue weighted by molar-refractivity contribution is 7.89. The van der Waals surface area contributed by atoms with Crippen molar-refractivity contribution in [2.75, 3.05) is 7.11 Å². The van der Waals surface area contributed by atoms with Crippen LogP contribution in [0.25, 0.3) is 23.0 Å². The molecule has 10 heteroatoms. The first-order valence-electron chi connectivity index (χ1n) is 8.67. The average Bonchev–Trinajstić information content (AvgIpc) is 3.13. The van der Waals surface area contributed by atoms with E-state index in [0.29, 0.717) is 16.9 Å². The third-order valence-corrected chi connectivity index (χ3v) is 5.23. The fraction of sp³-hybridized carbons (Fsp3) is 0.150. The third-order valence-electron chi connectivity index (χ3n) is 4.27. The van der Waals surface area contributed by atoms with Crippen LogP contribution in [0.15, 0.2) is 59.5 Å². The molecule has 2 aromatic carbocycles. The first-order chi connectivity index (χ1) is 14.1. The topological polar surface area (TPSA) is 87.2 Å². The second kappa shape index (κ2) is 7.96. The summed E-state index contributed by atoms with van der Waals surface area (Å²) in [5.41, 5.74) is -0.180. The molecule has 1 aromatic heterocycles. The number of para-hydroxylation sites is 1. The monoisotopic (exact) mass is 437 g/mol. The number of methoxy groups -OCH3 is 1. The van der Waals surface area contributed by atoms with Gasteiger partial charge in [-0.2, -0.15) is 18.3 Å². The molecule has 0 aliphatic heterocycles. The minimum Gasteiger partial charge on any atom is -0.496 e. The lowest BCUT2D eigenvalue weighted by molar-refractivity contribution is -0.141. The molecule has 6 nitrogen and oxygen atoms in total. The van der Waals surface area contributed by atoms with Crippen LogP contribution in [0.1, 0.15) is 18.2 Å². The van der Waals surface area contributed by atoms with Gasteiger partial charge in [-0.25, -0.2) is 18.2 Å². The van der Waals surface area contributed by atoms with Crippen molar-refractivity contribution in [2.24, 2.45) is 5.14 Å². The fourth-order valence-corrected chi connectivity index (χ4v) is 3.70. The van der Waals surface area contributed by atoms with Crippen LogP contribution in [0.3, 0.4) is 0 Å². The van der Waals surface area contributed by atoms with Crippen molar-refractivity contribution in [1.29, 1.82) is 0 Å². The molecule has 2 N–H and O–H groups in total. The number of allylic oxidation sites excluding steroid dienone is 1. The Balaban J connectivity index is 2.33. The van der Waals surface area contributed by atoms with Crippen LogP contribution in [0.5, 0.6) is 5.75 Å². The summed E-state index contributed by atoms with van der Waals surface area (Å²) in [4.78, 5) is -0.342. The first kappa shape index (κ1) is 21.6. The maximum absolute atomic E-state index is 13.4. The summed E-state index contributed by atoms with van der Waals surface area (Å²) >= 11 is 0. The molecule has 30 heavy (non-hydrogen) atoms. The molecule has 3 aromatic rings. The lowest BCUT2D eigenvalue weighted by Crippen LogP contribution is -2.16. The number of hydrogen-bond donors (Lipinski definition) is 1. The van der Waals surface area contributed by atoms with Crippen molar-refractivity contribution in [3.8, 4) is 22.7 Å². The number of rotatable bonds is 5. The predicted molar refractivity (Wildman–Crippen MR) is 107 cm³/mol. The SMILES string of the molecule is CC=Cc1cc(-c2cc(C(F)(F)F)nn2-c2ccccc2S(N)(=O)=O)ccc1OC. The minimum absolute atomic E-state index is 0.0480. The Kier molecular flexibility index (Phi) is 5.73. The summed E-state index contributed by atoms with van der Waals surface area (Å²) in [6, 6.07) is 11.1. The number of ether oxygens (including phenoxy) is 1. The van der Waals surface area contributed by atoms with Gasteiger partial charge in [-0.15, -0.1) is 0 Å². The van der Waals surface area contributed by atoms with Gasteiger partial charge in [0.15, 0.2) is 5.69 Å². The van der Waals surface area contributed by atoms with E-state index in [4.69, 9.17) is 9.88 Å². The summed E-state index contributed by atoms with van der Waals surface area (Å²) < 4.78 is 70.4. The third kappa shape index (κ3) is 4.24. The largest absolute Gasteiger partial charge is 0.496 e. The predicted octanol–water partition coefficient (Wildman–Crippen LogP) is 4.25. The number of hydrogen-bond acceptors (Lipinski definition) is 4. The van der Waals surface area contributed by atoms with E-state index in [1.54, 1.807) is 37.3 Å². The van der Waals surface area contributed by atoms with Crippen LogP contribution in [0, 0.1) is 0 Å². The Morgan fingerprint density at radius 3 is 2.43 bits per heavy atom. The molecule has 0 spiro atoms. The van der Waals surface area contributed by atoms with Gasteiger partial charge in [0.05, 0.1) is 18.5 Å². The number of benzene rings is 2. The fourth-order valence-electron chi connectivity index (χ4n) is 2.99. The van der Waals surface area contributed by atoms with E-state index in [9.17, 15) is 21.6 Å². The summed E-state index contributed by atoms with van der Waals surface area (Å²) in [5.74, 6) is 0.531. The minimum atomic E-state index is -4.73. The van der Waals surface area contributed by atoms with Gasteiger partial charge in [-0.05, 0) is 43.3 Å². The molecule has 0 aliphatic rings. The van der Waals surface area contributed by atoms with E-state index in [1.165, 1.54) is 31.4 Å². The zero-order chi connectivity index (χ0) is 22.1. The van der Waals surface area contributed by atoms with Crippen molar-refractivity contribution < 1.29 is 26.3 Å². The highest BCUT2D eigenvalue weighted by atomic mass is 32.2. The van der Waals surface area contributed by atoms with Gasteiger partial charge in [-0.1, -0.05) is 24.3 Å². The molecule has 0 bridgehead atoms. The molecule has 0 unspecified atom stereocenters. The molecule has 0 amide bonds. The Bertz CT molecular complexity index is 1220. The molecule has 0 saturated carbocycles. The highest BCUT2D eigenvalue weighted by Crippen LogP contribution is 2.35. The van der Waals surface area contributed by atoms with Crippen molar-refractivity contribution in [3.63, 3.8) is 0 Å². The highest BCUT2D eigenvalue weighted by Gasteiger charge is 2.36. The van der Waals surface area contributed by atoms with Crippen LogP contribution in [0.4, 0.5) is 13.2 Å². The zero-order valence-corrected chi connectivity index (χ0v) is 16.8. The Labute approximate surface area is 171 Å². The lowest BCUT2D eigenvalue weighted by Gasteiger charge is -2.13. The van der Waals surface area contributed by atoms with E-state index in [2.05, 4.69) is 5.10 Å². The molecule has 0 saturated heterocycles. The van der Waals surface area contributed by atoms with E-state index in [1.807, 2.05) is 0 Å². The van der Waals surface area contributed by atoms with Crippen LogP contribution >= 0.6 is 0 Å². The quantitative estimate of drug-likeness (QED) is 0.647. The number of primary sulfonamides is 1. The van der Waals surface area contributed by atoms with E-state index in [0.717, 1.165) is 10.7 Å². The number of aromatic nitrogens is 2. The smallest absolute Gasteiger partial charge is 0.435 e. The Morgan fingerprint density at radius 1 is 1.13 bits per heavy atom. The van der Waals surface area contributed by atoms with Crippen molar-refractivity contribution in [1.82, 2.24) is 9.78 Å². The zero-order valence-electron chi connectivity index (χ0n) is 16.0. The molecular formula is C20H18F3N3O3S. The summed E-state index contributed by atoms with van der Waals surface area (Å²) in [6.45, 7) is 1.79. The van der Waals surface area contributed by atoms with Gasteiger partial charge >= 0.3 is 6.18 Å². The molecule has 0 atom stereocenters. The van der Waals surface area contributed by atoms with Gasteiger partial charge in [0, 0.05) is 11.1 Å². The number of alkyl halides is 3. The molecule has 0 aliphatic carbocycles. The lowest BCUT2D eigenvalue weighted by atomic mass is 10.1. The molecule has 0 fully saturated rings. The van der Waals surface area contributed by atoms with Crippen LogP contribution in [-0.4, -0.2) is 25.3 Å². The number of sulfonamides is 1. The summed E-state index contributed by atoms with van der Waals surface area (Å²) in [5, 5.41) is 8.90. The average molecular weight is 437 g/mol. The molecule has 0 radical (unpaired) electrons. The number of nitrogens with zero attached hydrogens (tertiary/aromatic N) is 2. The maximum Gasteiger partial charge on any atom is 0.435 e. The Morgan fingerprint density at radius 2 is 1.83 bits per heavy atom. The Hall–Kier alpha value is -3.11. The summed E-state index contributed by atoms with van der Waals surface area (Å²) in [7, 11) is -2.72. The number of nitrogens with two attached hydrogens (primary N) is 1. The van der Waals surface area contributed by atoms with Gasteiger partial charge in [0.1, 0.15) is 10.6 Å². The molecule has 1 heterocycles. The van der Waals surface area contributed by atoms with Gasteiger partial charge in [-0.3, -0.25) is 0 Å². The van der Waals surface area contributed by atoms with Gasteiger partial charge in [0.25, 0.3) is 0 Å². The molecule has 3 rings (SSSR count). The van der Waals surface area contributed by atoms with E-state index < -0.39 is 21.9 Å². The normalized spacial score (nSPS) is 12.5. The second-order valence-electron chi connectivity index (χ2n) is 6.29. The van der Waals surface area contributed by atoms with Crippen LogP contribution in [-0.2, 0) is 16.2 Å². The van der Waals surface area contributed by atoms with Gasteiger partial charge in [0.2, 0.25) is 10.0 Å². The summed E-state index contributed by atoms with van der Waals surface area (Å²) in [6.07, 6.45) is -1.22. The van der Waals surface area contributed by atoms with Crippen molar-refractivity contribution in [2.45, 2.75) is 18.0 Å². The van der Waals surface area contributed by atoms with Crippen molar-refractivity contribution in [3.05, 3.63) is 65.9 Å². The second-order valence-corrected chi connectivity index (χ2v) is 7.82. The van der Waals surface area contributed by atoms with Crippen LogP contribution in [0.2, 0.25) is 0 Å². The molecule has 158 valence electrons. The maximum atomic E-state index is 13.4. The number of halogens is 3. The van der Waals surface area contributed by atoms with Crippen LogP contribution < -0.4 is 9.88 Å². The standard InChI is InChI=1S/C20H18F3N3O3S/c1-3-6-14-11-13(9-10-17(14)29-2)16-12-19(20(21,22)23)25-26(16)15-7-4-5-8-18(15)30(24,27)28/h3-12H,1-2H3,(H2,24,27,28). The molecular weight excluding hydrogens is 419 g/mol. The van der Waals surface area contributed by atoms with Crippen molar-refractivity contribution >= 4 is 16.1 Å². The first-order valence-corrected chi connectivity index (χ1v) is 10.2. The van der Waals surface area contributed by atoms with Gasteiger partial charge < -0.3 is 4.74 Å². The van der Waals surface area contributed by atoms with E-state index >= 15 is 0 Å². The van der Waals surface area contributed by atoms with E-state index in [-0.39, 0.29) is 16.3 Å².